The molecule has 0 radical (unpaired) electrons. The molecule has 8 heteroatoms. The number of nitrogens with zero attached hydrogens (tertiary/aromatic N) is 4. The average molecular weight is 410 g/mol. The zero-order valence-electron chi connectivity index (χ0n) is 14.4. The lowest BCUT2D eigenvalue weighted by atomic mass is 10.2. The minimum absolute atomic E-state index is 0.283. The predicted octanol–water partition coefficient (Wildman–Crippen LogP) is 5.55. The van der Waals surface area contributed by atoms with Crippen molar-refractivity contribution in [3.63, 3.8) is 0 Å². The van der Waals surface area contributed by atoms with Crippen molar-refractivity contribution >= 4 is 35.4 Å². The van der Waals surface area contributed by atoms with Crippen molar-refractivity contribution in [2.45, 2.75) is 0 Å². The molecule has 0 aliphatic carbocycles. The van der Waals surface area contributed by atoms with Crippen LogP contribution in [-0.2, 0) is 0 Å². The summed E-state index contributed by atoms with van der Waals surface area (Å²) in [5, 5.41) is 13.1. The fourth-order valence-electron chi connectivity index (χ4n) is 2.51. The lowest BCUT2D eigenvalue weighted by Crippen LogP contribution is -1.99. The maximum Gasteiger partial charge on any atom is 0.263 e. The molecule has 0 fully saturated rings. The van der Waals surface area contributed by atoms with Gasteiger partial charge in [0, 0.05) is 16.1 Å². The number of benzene rings is 2. The summed E-state index contributed by atoms with van der Waals surface area (Å²) in [6.07, 6.45) is 3.12. The third-order valence-electron chi connectivity index (χ3n) is 3.81. The number of anilines is 1. The van der Waals surface area contributed by atoms with E-state index < -0.39 is 0 Å². The van der Waals surface area contributed by atoms with E-state index >= 15 is 0 Å². The number of aromatic nitrogens is 3. The highest BCUT2D eigenvalue weighted by Crippen LogP contribution is 2.31. The Hall–Kier alpha value is -3.22. The molecule has 0 saturated carbocycles. The SMILES string of the molecule is Clc1ccc(-c2ccc(C=NNc3nncc(-c4ccccc4)n3)o2)c(Cl)c1. The highest BCUT2D eigenvalue weighted by Gasteiger charge is 2.08. The number of nitrogens with one attached hydrogen (secondary N) is 1. The first-order chi connectivity index (χ1) is 13.7. The van der Waals surface area contributed by atoms with Crippen molar-refractivity contribution in [3.8, 4) is 22.6 Å². The number of furan rings is 1. The van der Waals surface area contributed by atoms with Crippen molar-refractivity contribution in [3.05, 3.63) is 82.7 Å². The number of hydrazone groups is 1. The first-order valence-corrected chi connectivity index (χ1v) is 9.04. The third kappa shape index (κ3) is 4.19. The second-order valence-electron chi connectivity index (χ2n) is 5.73. The highest BCUT2D eigenvalue weighted by molar-refractivity contribution is 6.36. The van der Waals surface area contributed by atoms with Gasteiger partial charge in [-0.2, -0.15) is 10.2 Å². The van der Waals surface area contributed by atoms with Gasteiger partial charge in [-0.25, -0.2) is 10.4 Å². The van der Waals surface area contributed by atoms with Crippen LogP contribution in [0.25, 0.3) is 22.6 Å². The van der Waals surface area contributed by atoms with Gasteiger partial charge in [0.05, 0.1) is 23.1 Å². The van der Waals surface area contributed by atoms with Crippen molar-refractivity contribution < 1.29 is 4.42 Å². The summed E-state index contributed by atoms with van der Waals surface area (Å²) >= 11 is 12.1. The van der Waals surface area contributed by atoms with Gasteiger partial charge in [0.25, 0.3) is 5.95 Å². The molecule has 0 spiro atoms. The Bertz CT molecular complexity index is 1130. The average Bonchev–Trinajstić information content (AvgIpc) is 3.17. The highest BCUT2D eigenvalue weighted by atomic mass is 35.5. The first kappa shape index (κ1) is 18.2. The van der Waals surface area contributed by atoms with Gasteiger partial charge in [-0.1, -0.05) is 53.5 Å². The van der Waals surface area contributed by atoms with E-state index in [-0.39, 0.29) is 5.95 Å². The van der Waals surface area contributed by atoms with E-state index in [0.29, 0.717) is 27.3 Å². The van der Waals surface area contributed by atoms with Crippen LogP contribution in [0, 0.1) is 0 Å². The van der Waals surface area contributed by atoms with E-state index in [1.807, 2.05) is 36.4 Å². The molecule has 4 rings (SSSR count). The number of halogens is 2. The normalized spacial score (nSPS) is 11.1. The Balaban J connectivity index is 1.47. The molecule has 6 nitrogen and oxygen atoms in total. The summed E-state index contributed by atoms with van der Waals surface area (Å²) in [5.74, 6) is 1.44. The van der Waals surface area contributed by atoms with E-state index in [1.54, 1.807) is 30.5 Å². The summed E-state index contributed by atoms with van der Waals surface area (Å²) in [6, 6.07) is 18.5. The number of hydrogen-bond donors (Lipinski definition) is 1. The van der Waals surface area contributed by atoms with Crippen LogP contribution in [0.2, 0.25) is 10.0 Å². The Morgan fingerprint density at radius 3 is 2.68 bits per heavy atom. The zero-order chi connectivity index (χ0) is 19.3. The summed E-state index contributed by atoms with van der Waals surface area (Å²) in [5.41, 5.74) is 5.15. The summed E-state index contributed by atoms with van der Waals surface area (Å²) in [6.45, 7) is 0. The minimum Gasteiger partial charge on any atom is -0.455 e. The van der Waals surface area contributed by atoms with Gasteiger partial charge in [-0.15, -0.1) is 5.10 Å². The van der Waals surface area contributed by atoms with Crippen molar-refractivity contribution in [2.75, 3.05) is 5.43 Å². The molecule has 4 aromatic rings. The summed E-state index contributed by atoms with van der Waals surface area (Å²) in [4.78, 5) is 4.39. The van der Waals surface area contributed by atoms with Crippen LogP contribution in [0.15, 0.2) is 76.4 Å². The Morgan fingerprint density at radius 2 is 1.86 bits per heavy atom. The van der Waals surface area contributed by atoms with Gasteiger partial charge < -0.3 is 4.42 Å². The van der Waals surface area contributed by atoms with Gasteiger partial charge in [0.1, 0.15) is 11.5 Å². The van der Waals surface area contributed by atoms with Gasteiger partial charge >= 0.3 is 0 Å². The summed E-state index contributed by atoms with van der Waals surface area (Å²) in [7, 11) is 0. The zero-order valence-corrected chi connectivity index (χ0v) is 15.9. The van der Waals surface area contributed by atoms with Crippen LogP contribution in [0.3, 0.4) is 0 Å². The molecule has 0 aliphatic heterocycles. The summed E-state index contributed by atoms with van der Waals surface area (Å²) < 4.78 is 5.75. The van der Waals surface area contributed by atoms with Crippen LogP contribution >= 0.6 is 23.2 Å². The molecule has 2 aromatic heterocycles. The molecule has 2 aromatic carbocycles. The Morgan fingerprint density at radius 1 is 1.00 bits per heavy atom. The smallest absolute Gasteiger partial charge is 0.263 e. The van der Waals surface area contributed by atoms with Gasteiger partial charge in [-0.3, -0.25) is 0 Å². The quantitative estimate of drug-likeness (QED) is 0.345. The maximum atomic E-state index is 6.21. The van der Waals surface area contributed by atoms with Crippen LogP contribution in [0.5, 0.6) is 0 Å². The van der Waals surface area contributed by atoms with Crippen molar-refractivity contribution in [2.24, 2.45) is 5.10 Å². The van der Waals surface area contributed by atoms with Crippen LogP contribution in [-0.4, -0.2) is 21.4 Å². The topological polar surface area (TPSA) is 76.2 Å². The molecule has 2 heterocycles. The lowest BCUT2D eigenvalue weighted by molar-refractivity contribution is 0.575. The number of hydrogen-bond acceptors (Lipinski definition) is 6. The monoisotopic (exact) mass is 409 g/mol. The van der Waals surface area contributed by atoms with Crippen LogP contribution in [0.4, 0.5) is 5.95 Å². The molecular weight excluding hydrogens is 397 g/mol. The van der Waals surface area contributed by atoms with Gasteiger partial charge in [0.2, 0.25) is 0 Å². The standard InChI is InChI=1S/C20H13Cl2N5O/c21-14-6-8-16(17(22)10-14)19-9-7-15(28-19)11-23-26-20-25-18(12-24-27-20)13-4-2-1-3-5-13/h1-12H,(H,25,26,27). The molecular formula is C20H13Cl2N5O. The second-order valence-corrected chi connectivity index (χ2v) is 6.57. The van der Waals surface area contributed by atoms with Crippen LogP contribution in [0.1, 0.15) is 5.76 Å². The van der Waals surface area contributed by atoms with Crippen molar-refractivity contribution in [1.82, 2.24) is 15.2 Å². The molecule has 0 saturated heterocycles. The van der Waals surface area contributed by atoms with Crippen LogP contribution < -0.4 is 5.43 Å². The minimum atomic E-state index is 0.283. The van der Waals surface area contributed by atoms with E-state index in [1.165, 1.54) is 6.21 Å². The lowest BCUT2D eigenvalue weighted by Gasteiger charge is -2.02. The van der Waals surface area contributed by atoms with Gasteiger partial charge in [-0.05, 0) is 30.3 Å². The molecule has 138 valence electrons. The molecule has 0 bridgehead atoms. The molecule has 0 atom stereocenters. The fraction of sp³-hybridized carbons (Fsp3) is 0. The van der Waals surface area contributed by atoms with Gasteiger partial charge in [0.15, 0.2) is 0 Å². The molecule has 0 unspecified atom stereocenters. The largest absolute Gasteiger partial charge is 0.455 e. The van der Waals surface area contributed by atoms with E-state index in [9.17, 15) is 0 Å². The van der Waals surface area contributed by atoms with Crippen molar-refractivity contribution in [1.29, 1.82) is 0 Å². The molecule has 1 N–H and O–H groups in total. The molecule has 0 amide bonds. The first-order valence-electron chi connectivity index (χ1n) is 8.28. The Kier molecular flexibility index (Phi) is 5.32. The van der Waals surface area contributed by atoms with E-state index in [4.69, 9.17) is 27.6 Å². The fourth-order valence-corrected chi connectivity index (χ4v) is 3.01. The van der Waals surface area contributed by atoms with E-state index in [2.05, 4.69) is 25.7 Å². The number of rotatable bonds is 5. The van der Waals surface area contributed by atoms with E-state index in [0.717, 1.165) is 11.1 Å². The molecule has 0 aliphatic rings. The maximum absolute atomic E-state index is 6.21. The molecule has 28 heavy (non-hydrogen) atoms. The Labute approximate surface area is 170 Å². The third-order valence-corrected chi connectivity index (χ3v) is 4.36. The second kappa shape index (κ2) is 8.21. The predicted molar refractivity (Wildman–Crippen MR) is 111 cm³/mol.